The molecule has 160 valence electrons. The molecular formula is C25H24FNO4. The van der Waals surface area contributed by atoms with Crippen molar-refractivity contribution in [3.8, 4) is 16.9 Å². The molecule has 0 saturated carbocycles. The summed E-state index contributed by atoms with van der Waals surface area (Å²) in [6, 6.07) is 11.5. The van der Waals surface area contributed by atoms with Crippen molar-refractivity contribution in [1.29, 1.82) is 0 Å². The van der Waals surface area contributed by atoms with E-state index >= 15 is 0 Å². The van der Waals surface area contributed by atoms with Crippen LogP contribution < -0.4 is 10.1 Å². The molecule has 0 bridgehead atoms. The molecule has 4 rings (SSSR count). The maximum Gasteiger partial charge on any atom is 0.374 e. The molecule has 1 aliphatic rings. The third-order valence-corrected chi connectivity index (χ3v) is 5.27. The quantitative estimate of drug-likeness (QED) is 0.508. The van der Waals surface area contributed by atoms with Crippen LogP contribution in [0.5, 0.6) is 5.75 Å². The molecule has 1 aliphatic heterocycles. The molecule has 1 N–H and O–H groups in total. The Balaban J connectivity index is 1.84. The number of carbonyl (C=O) groups is 1. The zero-order valence-corrected chi connectivity index (χ0v) is 17.9. The van der Waals surface area contributed by atoms with Gasteiger partial charge in [0.15, 0.2) is 0 Å². The number of allylic oxidation sites excluding steroid dienone is 1. The molecule has 0 radical (unpaired) electrons. The van der Waals surface area contributed by atoms with Crippen LogP contribution in [0, 0.1) is 5.82 Å². The van der Waals surface area contributed by atoms with Crippen LogP contribution in [0.15, 0.2) is 59.2 Å². The van der Waals surface area contributed by atoms with Gasteiger partial charge in [0, 0.05) is 28.4 Å². The normalized spacial score (nSPS) is 14.3. The molecule has 0 spiro atoms. The second-order valence-corrected chi connectivity index (χ2v) is 8.09. The van der Waals surface area contributed by atoms with Gasteiger partial charge in [-0.3, -0.25) is 0 Å². The second kappa shape index (κ2) is 7.95. The van der Waals surface area contributed by atoms with E-state index in [1.54, 1.807) is 18.2 Å². The van der Waals surface area contributed by atoms with E-state index in [2.05, 4.69) is 25.2 Å². The van der Waals surface area contributed by atoms with Crippen LogP contribution in [0.1, 0.15) is 42.5 Å². The number of esters is 1. The summed E-state index contributed by atoms with van der Waals surface area (Å²) < 4.78 is 30.0. The molecule has 1 aromatic heterocycles. The van der Waals surface area contributed by atoms with Gasteiger partial charge in [-0.1, -0.05) is 12.1 Å². The Hall–Kier alpha value is -3.54. The zero-order valence-electron chi connectivity index (χ0n) is 17.9. The molecule has 5 nitrogen and oxygen atoms in total. The number of fused-ring (bicyclic) bond motifs is 1. The van der Waals surface area contributed by atoms with E-state index < -0.39 is 5.97 Å². The predicted octanol–water partition coefficient (Wildman–Crippen LogP) is 6.06. The van der Waals surface area contributed by atoms with Crippen LogP contribution in [0.4, 0.5) is 10.1 Å². The summed E-state index contributed by atoms with van der Waals surface area (Å²) in [6.07, 6.45) is 3.56. The van der Waals surface area contributed by atoms with Crippen molar-refractivity contribution in [2.75, 3.05) is 12.4 Å². The number of furan rings is 1. The van der Waals surface area contributed by atoms with Crippen molar-refractivity contribution in [3.05, 3.63) is 77.5 Å². The van der Waals surface area contributed by atoms with Crippen molar-refractivity contribution in [3.63, 3.8) is 0 Å². The molecule has 0 atom stereocenters. The molecule has 0 unspecified atom stereocenters. The van der Waals surface area contributed by atoms with Gasteiger partial charge in [0.1, 0.15) is 18.2 Å². The average molecular weight is 421 g/mol. The number of methoxy groups -OCH3 is 1. The molecule has 0 saturated heterocycles. The van der Waals surface area contributed by atoms with E-state index in [1.165, 1.54) is 25.5 Å². The van der Waals surface area contributed by atoms with E-state index in [4.69, 9.17) is 13.9 Å². The third kappa shape index (κ3) is 4.06. The highest BCUT2D eigenvalue weighted by atomic mass is 19.1. The van der Waals surface area contributed by atoms with Gasteiger partial charge in [-0.05, 0) is 62.2 Å². The topological polar surface area (TPSA) is 60.7 Å². The van der Waals surface area contributed by atoms with Crippen molar-refractivity contribution < 1.29 is 23.1 Å². The first kappa shape index (κ1) is 20.7. The number of rotatable bonds is 5. The van der Waals surface area contributed by atoms with Gasteiger partial charge in [0.25, 0.3) is 0 Å². The van der Waals surface area contributed by atoms with E-state index in [1.807, 2.05) is 19.1 Å². The monoisotopic (exact) mass is 421 g/mol. The first-order chi connectivity index (χ1) is 14.8. The summed E-state index contributed by atoms with van der Waals surface area (Å²) in [4.78, 5) is 12.4. The predicted molar refractivity (Wildman–Crippen MR) is 118 cm³/mol. The average Bonchev–Trinajstić information content (AvgIpc) is 3.25. The summed E-state index contributed by atoms with van der Waals surface area (Å²) in [5, 5.41) is 3.51. The lowest BCUT2D eigenvalue weighted by atomic mass is 9.85. The molecule has 2 aromatic carbocycles. The van der Waals surface area contributed by atoms with E-state index in [0.717, 1.165) is 28.0 Å². The van der Waals surface area contributed by atoms with Crippen LogP contribution >= 0.6 is 0 Å². The maximum absolute atomic E-state index is 13.8. The van der Waals surface area contributed by atoms with Crippen LogP contribution in [-0.2, 0) is 11.3 Å². The number of nitrogens with one attached hydrogen (secondary N) is 1. The SMILES string of the molecule is COc1cc(F)ccc1-c1ccc2c(c1COC(=O)c1ccco1)C(C)=CC(C)(C)N2. The first-order valence-corrected chi connectivity index (χ1v) is 9.97. The molecule has 0 aliphatic carbocycles. The summed E-state index contributed by atoms with van der Waals surface area (Å²) >= 11 is 0. The van der Waals surface area contributed by atoms with Crippen molar-refractivity contribution in [1.82, 2.24) is 0 Å². The smallest absolute Gasteiger partial charge is 0.374 e. The lowest BCUT2D eigenvalue weighted by Crippen LogP contribution is -2.32. The zero-order chi connectivity index (χ0) is 22.2. The number of hydrogen-bond donors (Lipinski definition) is 1. The van der Waals surface area contributed by atoms with Gasteiger partial charge in [0.2, 0.25) is 5.76 Å². The minimum atomic E-state index is -0.551. The standard InChI is InChI=1S/C25H24FNO4/c1-15-13-25(2,3)27-20-10-9-17(18-8-7-16(26)12-22(18)29-4)19(23(15)20)14-31-24(28)21-6-5-11-30-21/h5-13,27H,14H2,1-4H3. The number of hydrogen-bond acceptors (Lipinski definition) is 5. The third-order valence-electron chi connectivity index (χ3n) is 5.27. The maximum atomic E-state index is 13.8. The fourth-order valence-electron chi connectivity index (χ4n) is 4.09. The highest BCUT2D eigenvalue weighted by molar-refractivity contribution is 5.89. The van der Waals surface area contributed by atoms with Gasteiger partial charge in [-0.25, -0.2) is 9.18 Å². The highest BCUT2D eigenvalue weighted by Crippen LogP contribution is 2.42. The van der Waals surface area contributed by atoms with Crippen molar-refractivity contribution in [2.45, 2.75) is 32.9 Å². The first-order valence-electron chi connectivity index (χ1n) is 9.97. The summed E-state index contributed by atoms with van der Waals surface area (Å²) in [5.41, 5.74) is 5.07. The van der Waals surface area contributed by atoms with Gasteiger partial charge < -0.3 is 19.2 Å². The Labute approximate surface area is 180 Å². The molecule has 3 aromatic rings. The van der Waals surface area contributed by atoms with Gasteiger partial charge in [0.05, 0.1) is 18.9 Å². The molecule has 31 heavy (non-hydrogen) atoms. The van der Waals surface area contributed by atoms with E-state index in [9.17, 15) is 9.18 Å². The Morgan fingerprint density at radius 1 is 1.16 bits per heavy atom. The fraction of sp³-hybridized carbons (Fsp3) is 0.240. The lowest BCUT2D eigenvalue weighted by molar-refractivity contribution is 0.0436. The lowest BCUT2D eigenvalue weighted by Gasteiger charge is -2.33. The summed E-state index contributed by atoms with van der Waals surface area (Å²) in [7, 11) is 1.50. The number of anilines is 1. The number of benzene rings is 2. The summed E-state index contributed by atoms with van der Waals surface area (Å²) in [6.45, 7) is 6.23. The Kier molecular flexibility index (Phi) is 5.31. The van der Waals surface area contributed by atoms with Gasteiger partial charge in [-0.2, -0.15) is 0 Å². The molecule has 0 fully saturated rings. The van der Waals surface area contributed by atoms with Crippen LogP contribution in [0.3, 0.4) is 0 Å². The molecule has 0 amide bonds. The number of ether oxygens (including phenoxy) is 2. The highest BCUT2D eigenvalue weighted by Gasteiger charge is 2.27. The van der Waals surface area contributed by atoms with Crippen LogP contribution in [-0.4, -0.2) is 18.6 Å². The minimum absolute atomic E-state index is 0.0197. The number of carbonyl (C=O) groups excluding carboxylic acids is 1. The Morgan fingerprint density at radius 2 is 1.94 bits per heavy atom. The van der Waals surface area contributed by atoms with Crippen molar-refractivity contribution in [2.24, 2.45) is 0 Å². The Bertz CT molecular complexity index is 1160. The molecule has 2 heterocycles. The second-order valence-electron chi connectivity index (χ2n) is 8.09. The van der Waals surface area contributed by atoms with Gasteiger partial charge in [-0.15, -0.1) is 0 Å². The van der Waals surface area contributed by atoms with E-state index in [0.29, 0.717) is 11.3 Å². The molecular weight excluding hydrogens is 397 g/mol. The van der Waals surface area contributed by atoms with Crippen LogP contribution in [0.25, 0.3) is 16.7 Å². The van der Waals surface area contributed by atoms with Crippen LogP contribution in [0.2, 0.25) is 0 Å². The van der Waals surface area contributed by atoms with Crippen molar-refractivity contribution >= 4 is 17.2 Å². The molecule has 6 heteroatoms. The van der Waals surface area contributed by atoms with E-state index in [-0.39, 0.29) is 23.7 Å². The largest absolute Gasteiger partial charge is 0.496 e. The number of halogens is 1. The van der Waals surface area contributed by atoms with Gasteiger partial charge >= 0.3 is 5.97 Å². The Morgan fingerprint density at radius 3 is 2.65 bits per heavy atom. The minimum Gasteiger partial charge on any atom is -0.496 e. The fourth-order valence-corrected chi connectivity index (χ4v) is 4.09. The summed E-state index contributed by atoms with van der Waals surface area (Å²) in [5.74, 6) is -0.393.